The van der Waals surface area contributed by atoms with Crippen molar-refractivity contribution in [1.29, 1.82) is 0 Å². The quantitative estimate of drug-likeness (QED) is 0.624. The number of alkyl halides is 3. The summed E-state index contributed by atoms with van der Waals surface area (Å²) in [5, 5.41) is 10.0. The minimum atomic E-state index is -4.58. The van der Waals surface area contributed by atoms with Crippen LogP contribution >= 0.6 is 11.3 Å². The molecule has 1 saturated heterocycles. The number of nitrogens with zero attached hydrogens (tertiary/aromatic N) is 3. The molecule has 1 atom stereocenters. The SMILES string of the molecule is O=C(c1ccccc1C(F)(F)F)N1CCC[C@@H](c2nnc(-c3cccs3)o2)C1. The topological polar surface area (TPSA) is 59.2 Å². The van der Waals surface area contributed by atoms with Gasteiger partial charge in [0.15, 0.2) is 0 Å². The van der Waals surface area contributed by atoms with Crippen molar-refractivity contribution in [2.24, 2.45) is 0 Å². The third-order valence-corrected chi connectivity index (χ3v) is 5.55. The molecule has 0 bridgehead atoms. The van der Waals surface area contributed by atoms with E-state index in [9.17, 15) is 18.0 Å². The Morgan fingerprint density at radius 2 is 2.00 bits per heavy atom. The lowest BCUT2D eigenvalue weighted by Crippen LogP contribution is -2.40. The fraction of sp³-hybridized carbons (Fsp3) is 0.316. The molecule has 3 heterocycles. The largest absolute Gasteiger partial charge is 0.420 e. The number of thiophene rings is 1. The molecule has 1 fully saturated rings. The molecule has 1 aliphatic rings. The number of rotatable bonds is 3. The van der Waals surface area contributed by atoms with E-state index in [4.69, 9.17) is 4.42 Å². The minimum absolute atomic E-state index is 0.197. The molecule has 0 aliphatic carbocycles. The Kier molecular flexibility index (Phi) is 4.92. The summed E-state index contributed by atoms with van der Waals surface area (Å²) < 4.78 is 45.5. The van der Waals surface area contributed by atoms with E-state index >= 15 is 0 Å². The zero-order chi connectivity index (χ0) is 19.7. The Morgan fingerprint density at radius 3 is 2.75 bits per heavy atom. The molecule has 1 amide bonds. The third-order valence-electron chi connectivity index (χ3n) is 4.69. The molecule has 1 aliphatic heterocycles. The molecule has 0 radical (unpaired) electrons. The van der Waals surface area contributed by atoms with Gasteiger partial charge in [0.1, 0.15) is 0 Å². The Balaban J connectivity index is 1.54. The predicted molar refractivity (Wildman–Crippen MR) is 96.9 cm³/mol. The molecule has 0 unspecified atom stereocenters. The predicted octanol–water partition coefficient (Wildman–Crippen LogP) is 4.84. The number of benzene rings is 1. The summed E-state index contributed by atoms with van der Waals surface area (Å²) in [4.78, 5) is 15.1. The highest BCUT2D eigenvalue weighted by molar-refractivity contribution is 7.13. The van der Waals surface area contributed by atoms with E-state index < -0.39 is 17.6 Å². The summed E-state index contributed by atoms with van der Waals surface area (Å²) in [5.41, 5.74) is -1.25. The van der Waals surface area contributed by atoms with E-state index in [2.05, 4.69) is 10.2 Å². The first-order valence-corrected chi connectivity index (χ1v) is 9.64. The molecule has 146 valence electrons. The number of amides is 1. The summed E-state index contributed by atoms with van der Waals surface area (Å²) in [7, 11) is 0. The lowest BCUT2D eigenvalue weighted by atomic mass is 9.96. The zero-order valence-electron chi connectivity index (χ0n) is 14.6. The van der Waals surface area contributed by atoms with Crippen molar-refractivity contribution in [2.45, 2.75) is 24.9 Å². The van der Waals surface area contributed by atoms with Crippen LogP contribution in [0, 0.1) is 0 Å². The van der Waals surface area contributed by atoms with Gasteiger partial charge in [-0.05, 0) is 36.4 Å². The monoisotopic (exact) mass is 407 g/mol. The van der Waals surface area contributed by atoms with E-state index in [1.54, 1.807) is 0 Å². The van der Waals surface area contributed by atoms with Gasteiger partial charge in [0, 0.05) is 13.1 Å². The van der Waals surface area contributed by atoms with E-state index in [0.717, 1.165) is 17.4 Å². The second kappa shape index (κ2) is 7.38. The molecular weight excluding hydrogens is 391 g/mol. The van der Waals surface area contributed by atoms with Gasteiger partial charge in [-0.1, -0.05) is 18.2 Å². The van der Waals surface area contributed by atoms with Gasteiger partial charge in [0.25, 0.3) is 11.8 Å². The molecule has 9 heteroatoms. The molecular formula is C19H16F3N3O2S. The van der Waals surface area contributed by atoms with Crippen molar-refractivity contribution in [1.82, 2.24) is 15.1 Å². The van der Waals surface area contributed by atoms with Gasteiger partial charge < -0.3 is 9.32 Å². The number of carbonyl (C=O) groups excluding carboxylic acids is 1. The maximum absolute atomic E-state index is 13.3. The van der Waals surface area contributed by atoms with Gasteiger partial charge >= 0.3 is 6.18 Å². The fourth-order valence-electron chi connectivity index (χ4n) is 3.35. The molecule has 0 saturated carbocycles. The van der Waals surface area contributed by atoms with Crippen LogP contribution in [0.4, 0.5) is 13.2 Å². The Bertz CT molecular complexity index is 969. The lowest BCUT2D eigenvalue weighted by molar-refractivity contribution is -0.138. The van der Waals surface area contributed by atoms with Crippen LogP contribution in [0.5, 0.6) is 0 Å². The third kappa shape index (κ3) is 3.66. The standard InChI is InChI=1S/C19H16F3N3O2S/c20-19(21,22)14-7-2-1-6-13(14)18(26)25-9-3-5-12(11-25)16-23-24-17(27-16)15-8-4-10-28-15/h1-2,4,6-8,10,12H,3,5,9,11H2/t12-/m1/s1. The second-order valence-electron chi connectivity index (χ2n) is 6.56. The van der Waals surface area contributed by atoms with Crippen LogP contribution in [0.2, 0.25) is 0 Å². The van der Waals surface area contributed by atoms with Crippen LogP contribution in [0.1, 0.15) is 40.6 Å². The zero-order valence-corrected chi connectivity index (χ0v) is 15.5. The van der Waals surface area contributed by atoms with Crippen molar-refractivity contribution in [3.63, 3.8) is 0 Å². The first-order valence-electron chi connectivity index (χ1n) is 8.76. The molecule has 0 spiro atoms. The van der Waals surface area contributed by atoms with Crippen molar-refractivity contribution < 1.29 is 22.4 Å². The number of hydrogen-bond donors (Lipinski definition) is 0. The normalized spacial score (nSPS) is 17.7. The Labute approximate surface area is 162 Å². The van der Waals surface area contributed by atoms with E-state index in [1.165, 1.54) is 34.4 Å². The lowest BCUT2D eigenvalue weighted by Gasteiger charge is -2.31. The Hall–Kier alpha value is -2.68. The summed E-state index contributed by atoms with van der Waals surface area (Å²) in [6.45, 7) is 0.643. The number of halogens is 3. The van der Waals surface area contributed by atoms with Crippen LogP contribution < -0.4 is 0 Å². The number of hydrogen-bond acceptors (Lipinski definition) is 5. The second-order valence-corrected chi connectivity index (χ2v) is 7.50. The van der Waals surface area contributed by atoms with Crippen molar-refractivity contribution in [3.05, 3.63) is 58.8 Å². The average molecular weight is 407 g/mol. The molecule has 5 nitrogen and oxygen atoms in total. The fourth-order valence-corrected chi connectivity index (χ4v) is 3.99. The van der Waals surface area contributed by atoms with Gasteiger partial charge in [-0.15, -0.1) is 21.5 Å². The van der Waals surface area contributed by atoms with Gasteiger partial charge in [-0.25, -0.2) is 0 Å². The first kappa shape index (κ1) is 18.7. The van der Waals surface area contributed by atoms with Crippen LogP contribution in [0.25, 0.3) is 10.8 Å². The minimum Gasteiger partial charge on any atom is -0.420 e. The van der Waals surface area contributed by atoms with Crippen LogP contribution in [-0.4, -0.2) is 34.1 Å². The average Bonchev–Trinajstić information content (AvgIpc) is 3.38. The molecule has 0 N–H and O–H groups in total. The number of likely N-dealkylation sites (tertiary alicyclic amines) is 1. The summed E-state index contributed by atoms with van der Waals surface area (Å²) in [6, 6.07) is 8.62. The summed E-state index contributed by atoms with van der Waals surface area (Å²) >= 11 is 1.48. The summed E-state index contributed by atoms with van der Waals surface area (Å²) in [5.74, 6) is -0.00606. The van der Waals surface area contributed by atoms with Crippen LogP contribution in [-0.2, 0) is 6.18 Å². The van der Waals surface area contributed by atoms with Crippen LogP contribution in [0.3, 0.4) is 0 Å². The molecule has 2 aromatic heterocycles. The van der Waals surface area contributed by atoms with Crippen molar-refractivity contribution >= 4 is 17.2 Å². The first-order chi connectivity index (χ1) is 13.4. The molecule has 1 aromatic carbocycles. The number of aromatic nitrogens is 2. The highest BCUT2D eigenvalue weighted by Gasteiger charge is 2.37. The highest BCUT2D eigenvalue weighted by Crippen LogP contribution is 2.34. The smallest absolute Gasteiger partial charge is 0.417 e. The van der Waals surface area contributed by atoms with E-state index in [-0.39, 0.29) is 18.0 Å². The van der Waals surface area contributed by atoms with E-state index in [0.29, 0.717) is 24.7 Å². The van der Waals surface area contributed by atoms with Gasteiger partial charge in [-0.3, -0.25) is 4.79 Å². The van der Waals surface area contributed by atoms with Crippen molar-refractivity contribution in [2.75, 3.05) is 13.1 Å². The maximum Gasteiger partial charge on any atom is 0.417 e. The van der Waals surface area contributed by atoms with Gasteiger partial charge in [-0.2, -0.15) is 13.2 Å². The van der Waals surface area contributed by atoms with Crippen molar-refractivity contribution in [3.8, 4) is 10.8 Å². The van der Waals surface area contributed by atoms with Crippen LogP contribution in [0.15, 0.2) is 46.2 Å². The number of carbonyl (C=O) groups is 1. The number of piperidine rings is 1. The van der Waals surface area contributed by atoms with Gasteiger partial charge in [0.05, 0.1) is 21.9 Å². The highest BCUT2D eigenvalue weighted by atomic mass is 32.1. The molecule has 4 rings (SSSR count). The maximum atomic E-state index is 13.3. The Morgan fingerprint density at radius 1 is 1.18 bits per heavy atom. The molecule has 28 heavy (non-hydrogen) atoms. The summed E-state index contributed by atoms with van der Waals surface area (Å²) in [6.07, 6.45) is -3.19. The van der Waals surface area contributed by atoms with Gasteiger partial charge in [0.2, 0.25) is 5.89 Å². The van der Waals surface area contributed by atoms with E-state index in [1.807, 2.05) is 17.5 Å². The molecule has 3 aromatic rings.